The Bertz CT molecular complexity index is 644. The van der Waals surface area contributed by atoms with Crippen LogP contribution in [0, 0.1) is 5.92 Å². The number of benzene rings is 1. The molecule has 2 heterocycles. The topological polar surface area (TPSA) is 29.9 Å². The average Bonchev–Trinajstić information content (AvgIpc) is 3.19. The summed E-state index contributed by atoms with van der Waals surface area (Å²) in [5.74, 6) is 1.96. The van der Waals surface area contributed by atoms with Gasteiger partial charge in [-0.05, 0) is 50.3 Å². The van der Waals surface area contributed by atoms with Crippen molar-refractivity contribution in [2.24, 2.45) is 5.92 Å². The number of nitrogens with one attached hydrogen (secondary N) is 1. The van der Waals surface area contributed by atoms with Gasteiger partial charge in [-0.25, -0.2) is 4.98 Å². The Balaban J connectivity index is 1.86. The van der Waals surface area contributed by atoms with E-state index in [1.165, 1.54) is 31.5 Å². The van der Waals surface area contributed by atoms with E-state index in [0.717, 1.165) is 28.5 Å². The lowest BCUT2D eigenvalue weighted by Gasteiger charge is -2.28. The summed E-state index contributed by atoms with van der Waals surface area (Å²) in [7, 11) is 0. The molecule has 1 aromatic carbocycles. The van der Waals surface area contributed by atoms with Gasteiger partial charge < -0.3 is 9.88 Å². The summed E-state index contributed by atoms with van der Waals surface area (Å²) in [6, 6.07) is 7.04. The molecule has 20 heavy (non-hydrogen) atoms. The van der Waals surface area contributed by atoms with E-state index in [-0.39, 0.29) is 0 Å². The van der Waals surface area contributed by atoms with Gasteiger partial charge in [0.25, 0.3) is 0 Å². The van der Waals surface area contributed by atoms with E-state index >= 15 is 0 Å². The Morgan fingerprint density at radius 3 is 2.90 bits per heavy atom. The summed E-state index contributed by atoms with van der Waals surface area (Å²) in [5.41, 5.74) is 2.17. The highest BCUT2D eigenvalue weighted by Gasteiger charge is 2.33. The highest BCUT2D eigenvalue weighted by atomic mass is 35.5. The number of para-hydroxylation sites is 1. The molecule has 3 nitrogen and oxygen atoms in total. The van der Waals surface area contributed by atoms with Gasteiger partial charge in [0.1, 0.15) is 5.82 Å². The van der Waals surface area contributed by atoms with Crippen molar-refractivity contribution in [3.05, 3.63) is 29.0 Å². The minimum atomic E-state index is 0.378. The monoisotopic (exact) mass is 289 g/mol. The van der Waals surface area contributed by atoms with Gasteiger partial charge >= 0.3 is 0 Å². The van der Waals surface area contributed by atoms with E-state index in [9.17, 15) is 0 Å². The Morgan fingerprint density at radius 2 is 2.15 bits per heavy atom. The van der Waals surface area contributed by atoms with E-state index in [0.29, 0.717) is 12.1 Å². The molecule has 1 aromatic heterocycles. The van der Waals surface area contributed by atoms with Crippen LogP contribution in [0.15, 0.2) is 18.2 Å². The second-order valence-electron chi connectivity index (χ2n) is 6.32. The zero-order valence-electron chi connectivity index (χ0n) is 11.8. The molecule has 1 aliphatic heterocycles. The fourth-order valence-corrected chi connectivity index (χ4v) is 3.64. The third-order valence-electron chi connectivity index (χ3n) is 4.58. The summed E-state index contributed by atoms with van der Waals surface area (Å²) < 4.78 is 2.41. The number of fused-ring (bicyclic) bond motifs is 1. The molecule has 0 radical (unpaired) electrons. The van der Waals surface area contributed by atoms with Crippen LogP contribution in [0.4, 0.5) is 0 Å². The molecular formula is C16H20ClN3. The molecule has 4 heteroatoms. The number of rotatable bonds is 2. The van der Waals surface area contributed by atoms with Crippen molar-refractivity contribution in [2.45, 2.75) is 44.7 Å². The molecule has 1 N–H and O–H groups in total. The molecule has 1 saturated heterocycles. The lowest BCUT2D eigenvalue weighted by atomic mass is 9.94. The average molecular weight is 290 g/mol. The highest BCUT2D eigenvalue weighted by molar-refractivity contribution is 6.35. The van der Waals surface area contributed by atoms with E-state index in [2.05, 4.69) is 22.9 Å². The first kappa shape index (κ1) is 12.7. The lowest BCUT2D eigenvalue weighted by Crippen LogP contribution is -2.32. The van der Waals surface area contributed by atoms with E-state index in [1.807, 2.05) is 12.1 Å². The van der Waals surface area contributed by atoms with Gasteiger partial charge in [-0.1, -0.05) is 24.6 Å². The zero-order valence-corrected chi connectivity index (χ0v) is 12.5. The number of nitrogens with zero attached hydrogens (tertiary/aromatic N) is 2. The Hall–Kier alpha value is -1.06. The summed E-state index contributed by atoms with van der Waals surface area (Å²) >= 11 is 6.43. The van der Waals surface area contributed by atoms with Crippen molar-refractivity contribution in [3.8, 4) is 0 Å². The van der Waals surface area contributed by atoms with Gasteiger partial charge in [0.15, 0.2) is 0 Å². The molecule has 2 fully saturated rings. The number of hydrogen-bond acceptors (Lipinski definition) is 2. The fraction of sp³-hybridized carbons (Fsp3) is 0.562. The summed E-state index contributed by atoms with van der Waals surface area (Å²) in [5, 5.41) is 4.47. The fourth-order valence-electron chi connectivity index (χ4n) is 3.38. The smallest absolute Gasteiger partial charge is 0.127 e. The van der Waals surface area contributed by atoms with Gasteiger partial charge in [-0.2, -0.15) is 0 Å². The molecule has 2 atom stereocenters. The normalized spacial score (nSPS) is 27.1. The number of imidazole rings is 1. The van der Waals surface area contributed by atoms with Crippen LogP contribution in [-0.4, -0.2) is 16.1 Å². The maximum atomic E-state index is 6.43. The predicted octanol–water partition coefficient (Wildman–Crippen LogP) is 4.09. The summed E-state index contributed by atoms with van der Waals surface area (Å²) in [6.45, 7) is 3.43. The van der Waals surface area contributed by atoms with E-state index in [1.54, 1.807) is 0 Å². The van der Waals surface area contributed by atoms with Crippen LogP contribution in [0.1, 0.15) is 50.5 Å². The van der Waals surface area contributed by atoms with Gasteiger partial charge in [-0.15, -0.1) is 0 Å². The number of halogens is 1. The minimum absolute atomic E-state index is 0.378. The third-order valence-corrected chi connectivity index (χ3v) is 4.88. The molecular weight excluding hydrogens is 270 g/mol. The maximum Gasteiger partial charge on any atom is 0.127 e. The largest absolute Gasteiger partial charge is 0.322 e. The van der Waals surface area contributed by atoms with E-state index < -0.39 is 0 Å². The molecule has 106 valence electrons. The van der Waals surface area contributed by atoms with Crippen molar-refractivity contribution in [2.75, 3.05) is 6.54 Å². The van der Waals surface area contributed by atoms with Crippen molar-refractivity contribution >= 4 is 22.6 Å². The SMILES string of the molecule is CC1CCNC(c2nc3cccc(Cl)c3n2C2CC2)C1. The Morgan fingerprint density at radius 1 is 1.30 bits per heavy atom. The van der Waals surface area contributed by atoms with Crippen LogP contribution < -0.4 is 5.32 Å². The molecule has 2 unspecified atom stereocenters. The van der Waals surface area contributed by atoms with Crippen LogP contribution in [0.5, 0.6) is 0 Å². The van der Waals surface area contributed by atoms with Gasteiger partial charge in [0.05, 0.1) is 22.1 Å². The van der Waals surface area contributed by atoms with E-state index in [4.69, 9.17) is 16.6 Å². The second kappa shape index (κ2) is 4.74. The zero-order chi connectivity index (χ0) is 13.7. The first-order valence-corrected chi connectivity index (χ1v) is 8.01. The quantitative estimate of drug-likeness (QED) is 0.902. The molecule has 0 spiro atoms. The van der Waals surface area contributed by atoms with Crippen molar-refractivity contribution in [1.82, 2.24) is 14.9 Å². The van der Waals surface area contributed by atoms with Crippen molar-refractivity contribution in [1.29, 1.82) is 0 Å². The second-order valence-corrected chi connectivity index (χ2v) is 6.72. The molecule has 4 rings (SSSR count). The molecule has 1 aliphatic carbocycles. The van der Waals surface area contributed by atoms with Crippen LogP contribution in [-0.2, 0) is 0 Å². The van der Waals surface area contributed by atoms with Gasteiger partial charge in [0, 0.05) is 6.04 Å². The molecule has 1 saturated carbocycles. The van der Waals surface area contributed by atoms with Crippen LogP contribution in [0.3, 0.4) is 0 Å². The number of aromatic nitrogens is 2. The first-order chi connectivity index (χ1) is 9.74. The van der Waals surface area contributed by atoms with Gasteiger partial charge in [0.2, 0.25) is 0 Å². The molecule has 0 bridgehead atoms. The van der Waals surface area contributed by atoms with Crippen molar-refractivity contribution < 1.29 is 0 Å². The van der Waals surface area contributed by atoms with Gasteiger partial charge in [-0.3, -0.25) is 0 Å². The lowest BCUT2D eigenvalue weighted by molar-refractivity contribution is 0.310. The number of hydrogen-bond donors (Lipinski definition) is 1. The first-order valence-electron chi connectivity index (χ1n) is 7.64. The third kappa shape index (κ3) is 2.04. The standard InChI is InChI=1S/C16H20ClN3/c1-10-7-8-18-14(9-10)16-19-13-4-2-3-12(17)15(13)20(16)11-5-6-11/h2-4,10-11,14,18H,5-9H2,1H3. The van der Waals surface area contributed by atoms with Crippen LogP contribution in [0.25, 0.3) is 11.0 Å². The highest BCUT2D eigenvalue weighted by Crippen LogP contribution is 2.42. The molecule has 2 aromatic rings. The number of piperidine rings is 1. The Kier molecular flexibility index (Phi) is 3.00. The van der Waals surface area contributed by atoms with Crippen LogP contribution in [0.2, 0.25) is 5.02 Å². The van der Waals surface area contributed by atoms with Crippen LogP contribution >= 0.6 is 11.6 Å². The van der Waals surface area contributed by atoms with Crippen molar-refractivity contribution in [3.63, 3.8) is 0 Å². The molecule has 2 aliphatic rings. The Labute approximate surface area is 124 Å². The predicted molar refractivity (Wildman–Crippen MR) is 82.2 cm³/mol. The minimum Gasteiger partial charge on any atom is -0.322 e. The summed E-state index contributed by atoms with van der Waals surface area (Å²) in [4.78, 5) is 4.91. The summed E-state index contributed by atoms with van der Waals surface area (Å²) in [6.07, 6.45) is 4.95. The molecule has 0 amide bonds. The maximum absolute atomic E-state index is 6.43.